The molecule has 13 heteroatoms. The number of halogens is 3. The molecule has 3 N–H and O–H groups in total. The predicted molar refractivity (Wildman–Crippen MR) is 117 cm³/mol. The molecule has 0 spiro atoms. The molecule has 1 saturated carbocycles. The zero-order valence-corrected chi connectivity index (χ0v) is 18.8. The number of amides is 2. The van der Waals surface area contributed by atoms with E-state index in [1.807, 2.05) is 4.90 Å². The summed E-state index contributed by atoms with van der Waals surface area (Å²) in [6.07, 6.45) is -2.67. The average Bonchev–Trinajstić information content (AvgIpc) is 2.80. The lowest BCUT2D eigenvalue weighted by Crippen LogP contribution is -2.52. The molecule has 10 nitrogen and oxygen atoms in total. The van der Waals surface area contributed by atoms with Gasteiger partial charge in [-0.25, -0.2) is 14.8 Å². The van der Waals surface area contributed by atoms with Crippen LogP contribution in [-0.4, -0.2) is 78.4 Å². The summed E-state index contributed by atoms with van der Waals surface area (Å²) in [5, 5.41) is 2.57. The third-order valence-electron chi connectivity index (χ3n) is 5.93. The number of hydrogen-bond acceptors (Lipinski definition) is 8. The highest BCUT2D eigenvalue weighted by Crippen LogP contribution is 2.38. The molecular weight excluding hydrogens is 455 g/mol. The minimum atomic E-state index is -4.65. The van der Waals surface area contributed by atoms with Crippen molar-refractivity contribution in [2.45, 2.75) is 31.2 Å². The number of carbonyl (C=O) groups is 1. The van der Waals surface area contributed by atoms with E-state index in [-0.39, 0.29) is 47.1 Å². The standard InChI is InChI=1S/C21H26F3N7O3/c1-26-20(32)30(2)12-7-13(8-12)34-18-10-16(28-19(29-18)31-3-5-33-6-4-31)14-11-27-17(25)9-15(14)21(22,23)24/h9-13H,3-8H2,1-2H3,(H2,25,27)(H,26,32). The normalized spacial score (nSPS) is 20.4. The fourth-order valence-electron chi connectivity index (χ4n) is 3.89. The highest BCUT2D eigenvalue weighted by molar-refractivity contribution is 5.74. The smallest absolute Gasteiger partial charge is 0.417 e. The van der Waals surface area contributed by atoms with Crippen molar-refractivity contribution in [1.82, 2.24) is 25.2 Å². The number of morpholine rings is 1. The van der Waals surface area contributed by atoms with E-state index in [1.165, 1.54) is 6.07 Å². The monoisotopic (exact) mass is 481 g/mol. The van der Waals surface area contributed by atoms with Crippen molar-refractivity contribution in [3.63, 3.8) is 0 Å². The maximum atomic E-state index is 13.7. The quantitative estimate of drug-likeness (QED) is 0.667. The average molecular weight is 481 g/mol. The summed E-state index contributed by atoms with van der Waals surface area (Å²) in [7, 11) is 3.26. The second kappa shape index (κ2) is 9.49. The van der Waals surface area contributed by atoms with Crippen molar-refractivity contribution in [3.05, 3.63) is 23.9 Å². The van der Waals surface area contributed by atoms with E-state index in [0.29, 0.717) is 39.1 Å². The van der Waals surface area contributed by atoms with Gasteiger partial charge in [0.05, 0.1) is 24.5 Å². The van der Waals surface area contributed by atoms with Gasteiger partial charge in [-0.3, -0.25) is 0 Å². The van der Waals surface area contributed by atoms with Crippen LogP contribution < -0.4 is 20.7 Å². The highest BCUT2D eigenvalue weighted by Gasteiger charge is 2.37. The molecule has 2 aromatic heterocycles. The van der Waals surface area contributed by atoms with Crippen molar-refractivity contribution >= 4 is 17.8 Å². The number of nitrogens with zero attached hydrogens (tertiary/aromatic N) is 5. The van der Waals surface area contributed by atoms with Gasteiger partial charge in [-0.2, -0.15) is 18.2 Å². The number of nitrogens with one attached hydrogen (secondary N) is 1. The molecule has 1 aliphatic heterocycles. The van der Waals surface area contributed by atoms with Crippen LogP contribution in [0, 0.1) is 0 Å². The van der Waals surface area contributed by atoms with E-state index in [1.54, 1.807) is 19.0 Å². The summed E-state index contributed by atoms with van der Waals surface area (Å²) in [6.45, 7) is 1.91. The van der Waals surface area contributed by atoms with E-state index in [2.05, 4.69) is 20.3 Å². The molecule has 2 aliphatic rings. The molecule has 4 rings (SSSR count). The molecule has 2 amide bonds. The Hall–Kier alpha value is -3.35. The lowest BCUT2D eigenvalue weighted by Gasteiger charge is -2.40. The number of anilines is 2. The first-order chi connectivity index (χ1) is 16.2. The van der Waals surface area contributed by atoms with Crippen LogP contribution in [0.25, 0.3) is 11.3 Å². The first kappa shape index (κ1) is 23.8. The van der Waals surface area contributed by atoms with Crippen molar-refractivity contribution in [1.29, 1.82) is 0 Å². The molecule has 0 unspecified atom stereocenters. The Bertz CT molecular complexity index is 1040. The molecule has 2 fully saturated rings. The zero-order valence-electron chi connectivity index (χ0n) is 18.8. The summed E-state index contributed by atoms with van der Waals surface area (Å²) < 4.78 is 52.6. The molecule has 3 heterocycles. The van der Waals surface area contributed by atoms with Crippen LogP contribution >= 0.6 is 0 Å². The third kappa shape index (κ3) is 5.08. The molecule has 1 aliphatic carbocycles. The highest BCUT2D eigenvalue weighted by atomic mass is 19.4. The number of aromatic nitrogens is 3. The molecule has 1 saturated heterocycles. The number of urea groups is 1. The molecular formula is C21H26F3N7O3. The number of carbonyl (C=O) groups excluding carboxylic acids is 1. The number of nitrogens with two attached hydrogens (primary N) is 1. The topological polar surface area (TPSA) is 119 Å². The Morgan fingerprint density at radius 2 is 1.97 bits per heavy atom. The summed E-state index contributed by atoms with van der Waals surface area (Å²) >= 11 is 0. The van der Waals surface area contributed by atoms with E-state index in [0.717, 1.165) is 12.3 Å². The Balaban J connectivity index is 1.63. The summed E-state index contributed by atoms with van der Waals surface area (Å²) in [5.41, 5.74) is 4.40. The molecule has 34 heavy (non-hydrogen) atoms. The minimum absolute atomic E-state index is 0.00287. The zero-order chi connectivity index (χ0) is 24.5. The maximum absolute atomic E-state index is 13.7. The fraction of sp³-hybridized carbons (Fsp3) is 0.524. The SMILES string of the molecule is CNC(=O)N(C)C1CC(Oc2cc(-c3cnc(N)cc3C(F)(F)F)nc(N3CCOCC3)n2)C1. The summed E-state index contributed by atoms with van der Waals surface area (Å²) in [4.78, 5) is 27.9. The van der Waals surface area contributed by atoms with Gasteiger partial charge in [-0.15, -0.1) is 0 Å². The van der Waals surface area contributed by atoms with E-state index < -0.39 is 11.7 Å². The van der Waals surface area contributed by atoms with Crippen molar-refractivity contribution in [2.75, 3.05) is 51.0 Å². The van der Waals surface area contributed by atoms with Crippen LogP contribution in [0.4, 0.5) is 29.7 Å². The van der Waals surface area contributed by atoms with Gasteiger partial charge in [0.25, 0.3) is 0 Å². The molecule has 0 aromatic carbocycles. The Morgan fingerprint density at radius 1 is 1.26 bits per heavy atom. The first-order valence-electron chi connectivity index (χ1n) is 10.8. The molecule has 184 valence electrons. The fourth-order valence-corrected chi connectivity index (χ4v) is 3.89. The molecule has 0 atom stereocenters. The number of pyridine rings is 1. The van der Waals surface area contributed by atoms with Gasteiger partial charge >= 0.3 is 12.2 Å². The van der Waals surface area contributed by atoms with Gasteiger partial charge in [0, 0.05) is 63.9 Å². The van der Waals surface area contributed by atoms with Gasteiger partial charge in [-0.1, -0.05) is 0 Å². The Kier molecular flexibility index (Phi) is 6.64. The van der Waals surface area contributed by atoms with Crippen molar-refractivity contribution in [3.8, 4) is 17.1 Å². The molecule has 0 bridgehead atoms. The number of hydrogen-bond donors (Lipinski definition) is 2. The molecule has 2 aromatic rings. The van der Waals surface area contributed by atoms with Gasteiger partial charge in [-0.05, 0) is 6.07 Å². The maximum Gasteiger partial charge on any atom is 0.417 e. The van der Waals surface area contributed by atoms with Gasteiger partial charge in [0.1, 0.15) is 11.9 Å². The Labute approximate surface area is 194 Å². The number of nitrogen functional groups attached to an aromatic ring is 1. The lowest BCUT2D eigenvalue weighted by molar-refractivity contribution is -0.137. The first-order valence-corrected chi connectivity index (χ1v) is 10.8. The predicted octanol–water partition coefficient (Wildman–Crippen LogP) is 2.16. The number of rotatable bonds is 5. The van der Waals surface area contributed by atoms with E-state index in [9.17, 15) is 18.0 Å². The van der Waals surface area contributed by atoms with Crippen LogP contribution in [0.15, 0.2) is 18.3 Å². The van der Waals surface area contributed by atoms with Crippen LogP contribution in [0.5, 0.6) is 5.88 Å². The van der Waals surface area contributed by atoms with Gasteiger partial charge < -0.3 is 30.3 Å². The van der Waals surface area contributed by atoms with Gasteiger partial charge in [0.15, 0.2) is 0 Å². The van der Waals surface area contributed by atoms with Gasteiger partial charge in [0.2, 0.25) is 11.8 Å². The number of alkyl halides is 3. The lowest BCUT2D eigenvalue weighted by atomic mass is 9.88. The van der Waals surface area contributed by atoms with Crippen LogP contribution in [0.1, 0.15) is 18.4 Å². The van der Waals surface area contributed by atoms with Crippen LogP contribution in [0.3, 0.4) is 0 Å². The summed E-state index contributed by atoms with van der Waals surface area (Å²) in [5.74, 6) is 0.164. The molecule has 0 radical (unpaired) electrons. The largest absolute Gasteiger partial charge is 0.474 e. The van der Waals surface area contributed by atoms with Crippen molar-refractivity contribution in [2.24, 2.45) is 0 Å². The Morgan fingerprint density at radius 3 is 2.62 bits per heavy atom. The van der Waals surface area contributed by atoms with E-state index in [4.69, 9.17) is 15.2 Å². The second-order valence-electron chi connectivity index (χ2n) is 8.17. The van der Waals surface area contributed by atoms with Crippen molar-refractivity contribution < 1.29 is 27.4 Å². The second-order valence-corrected chi connectivity index (χ2v) is 8.17. The third-order valence-corrected chi connectivity index (χ3v) is 5.93. The summed E-state index contributed by atoms with van der Waals surface area (Å²) in [6, 6.07) is 1.97. The minimum Gasteiger partial charge on any atom is -0.474 e. The van der Waals surface area contributed by atoms with Crippen LogP contribution in [-0.2, 0) is 10.9 Å². The van der Waals surface area contributed by atoms with Crippen LogP contribution in [0.2, 0.25) is 0 Å². The van der Waals surface area contributed by atoms with E-state index >= 15 is 0 Å². The number of ether oxygens (including phenoxy) is 2.